The average Bonchev–Trinajstić information content (AvgIpc) is 2.46. The van der Waals surface area contributed by atoms with E-state index in [1.165, 1.54) is 6.07 Å². The Hall–Kier alpha value is -1.95. The quantitative estimate of drug-likeness (QED) is 0.631. The predicted octanol–water partition coefficient (Wildman–Crippen LogP) is 1.21. The number of hydrogen-bond donors (Lipinski definition) is 2. The number of amides is 1. The van der Waals surface area contributed by atoms with E-state index in [1.54, 1.807) is 18.2 Å². The number of para-hydroxylation sites is 1. The van der Waals surface area contributed by atoms with Gasteiger partial charge in [0.1, 0.15) is 0 Å². The van der Waals surface area contributed by atoms with Crippen molar-refractivity contribution in [2.45, 2.75) is 19.4 Å². The molecule has 1 fully saturated rings. The van der Waals surface area contributed by atoms with Crippen molar-refractivity contribution in [3.8, 4) is 0 Å². The summed E-state index contributed by atoms with van der Waals surface area (Å²) in [5, 5.41) is 16.8. The van der Waals surface area contributed by atoms with Crippen LogP contribution in [0.15, 0.2) is 24.3 Å². The largest absolute Gasteiger partial charge is 0.352 e. The van der Waals surface area contributed by atoms with Gasteiger partial charge in [0.15, 0.2) is 0 Å². The van der Waals surface area contributed by atoms with E-state index in [4.69, 9.17) is 0 Å². The van der Waals surface area contributed by atoms with Crippen LogP contribution in [-0.2, 0) is 11.3 Å². The smallest absolute Gasteiger partial charge is 0.274 e. The van der Waals surface area contributed by atoms with E-state index >= 15 is 0 Å². The Labute approximate surface area is 111 Å². The van der Waals surface area contributed by atoms with E-state index in [-0.39, 0.29) is 24.1 Å². The highest BCUT2D eigenvalue weighted by atomic mass is 16.6. The van der Waals surface area contributed by atoms with Crippen molar-refractivity contribution < 1.29 is 9.72 Å². The average molecular weight is 263 g/mol. The fourth-order valence-corrected chi connectivity index (χ4v) is 2.25. The SMILES string of the molecule is O=C(NCc1ccccc1[N+](=O)[O-])C1CCNCC1. The van der Waals surface area contributed by atoms with E-state index in [2.05, 4.69) is 10.6 Å². The van der Waals surface area contributed by atoms with Crippen LogP contribution in [0.4, 0.5) is 5.69 Å². The molecular weight excluding hydrogens is 246 g/mol. The van der Waals surface area contributed by atoms with Crippen LogP contribution in [0.25, 0.3) is 0 Å². The van der Waals surface area contributed by atoms with E-state index in [0.717, 1.165) is 25.9 Å². The van der Waals surface area contributed by atoms with Gasteiger partial charge in [-0.1, -0.05) is 18.2 Å². The molecule has 1 aliphatic heterocycles. The number of nitro benzene ring substituents is 1. The Morgan fingerprint density at radius 3 is 2.74 bits per heavy atom. The molecule has 6 heteroatoms. The molecule has 6 nitrogen and oxygen atoms in total. The summed E-state index contributed by atoms with van der Waals surface area (Å²) in [5.74, 6) is 0.00340. The summed E-state index contributed by atoms with van der Waals surface area (Å²) in [7, 11) is 0. The van der Waals surface area contributed by atoms with Crippen molar-refractivity contribution in [2.24, 2.45) is 5.92 Å². The van der Waals surface area contributed by atoms with Crippen LogP contribution in [0, 0.1) is 16.0 Å². The summed E-state index contributed by atoms with van der Waals surface area (Å²) in [6.07, 6.45) is 1.64. The lowest BCUT2D eigenvalue weighted by Crippen LogP contribution is -2.37. The van der Waals surface area contributed by atoms with Gasteiger partial charge in [0, 0.05) is 24.1 Å². The second kappa shape index (κ2) is 6.29. The highest BCUT2D eigenvalue weighted by molar-refractivity contribution is 5.78. The zero-order chi connectivity index (χ0) is 13.7. The molecular formula is C13H17N3O3. The Balaban J connectivity index is 1.94. The van der Waals surface area contributed by atoms with Crippen molar-refractivity contribution in [1.29, 1.82) is 0 Å². The molecule has 1 amide bonds. The van der Waals surface area contributed by atoms with Gasteiger partial charge in [0.05, 0.1) is 4.92 Å². The number of piperidine rings is 1. The molecule has 1 saturated heterocycles. The van der Waals surface area contributed by atoms with Gasteiger partial charge in [-0.05, 0) is 25.9 Å². The molecule has 1 heterocycles. The minimum Gasteiger partial charge on any atom is -0.352 e. The monoisotopic (exact) mass is 263 g/mol. The highest BCUT2D eigenvalue weighted by Crippen LogP contribution is 2.18. The summed E-state index contributed by atoms with van der Waals surface area (Å²) in [5.41, 5.74) is 0.586. The van der Waals surface area contributed by atoms with E-state index < -0.39 is 4.92 Å². The molecule has 0 aliphatic carbocycles. The molecule has 0 atom stereocenters. The van der Waals surface area contributed by atoms with Gasteiger partial charge in [0.2, 0.25) is 5.91 Å². The maximum absolute atomic E-state index is 11.9. The third-order valence-electron chi connectivity index (χ3n) is 3.35. The normalized spacial score (nSPS) is 16.0. The highest BCUT2D eigenvalue weighted by Gasteiger charge is 2.21. The first-order chi connectivity index (χ1) is 9.18. The van der Waals surface area contributed by atoms with Gasteiger partial charge < -0.3 is 10.6 Å². The standard InChI is InChI=1S/C13H17N3O3/c17-13(10-5-7-14-8-6-10)15-9-11-3-1-2-4-12(11)16(18)19/h1-4,10,14H,5-9H2,(H,15,17). The fourth-order valence-electron chi connectivity index (χ4n) is 2.25. The van der Waals surface area contributed by atoms with Crippen LogP contribution < -0.4 is 10.6 Å². The molecule has 0 radical (unpaired) electrons. The number of carbonyl (C=O) groups excluding carboxylic acids is 1. The molecule has 0 saturated carbocycles. The number of hydrogen-bond acceptors (Lipinski definition) is 4. The lowest BCUT2D eigenvalue weighted by Gasteiger charge is -2.21. The van der Waals surface area contributed by atoms with Crippen molar-refractivity contribution in [2.75, 3.05) is 13.1 Å². The van der Waals surface area contributed by atoms with Crippen molar-refractivity contribution >= 4 is 11.6 Å². The van der Waals surface area contributed by atoms with Crippen molar-refractivity contribution in [1.82, 2.24) is 10.6 Å². The van der Waals surface area contributed by atoms with Crippen LogP contribution in [0.5, 0.6) is 0 Å². The number of nitrogens with one attached hydrogen (secondary N) is 2. The zero-order valence-corrected chi connectivity index (χ0v) is 10.6. The summed E-state index contributed by atoms with van der Waals surface area (Å²) in [6, 6.07) is 6.47. The first-order valence-electron chi connectivity index (χ1n) is 6.39. The molecule has 1 aromatic carbocycles. The fraction of sp³-hybridized carbons (Fsp3) is 0.462. The summed E-state index contributed by atoms with van der Waals surface area (Å²) >= 11 is 0. The number of nitro groups is 1. The minimum atomic E-state index is -0.425. The van der Waals surface area contributed by atoms with E-state index in [0.29, 0.717) is 5.56 Å². The second-order valence-corrected chi connectivity index (χ2v) is 4.63. The topological polar surface area (TPSA) is 84.3 Å². The van der Waals surface area contributed by atoms with Gasteiger partial charge in [-0.25, -0.2) is 0 Å². The Morgan fingerprint density at radius 2 is 2.05 bits per heavy atom. The van der Waals surface area contributed by atoms with Crippen LogP contribution in [0.2, 0.25) is 0 Å². The minimum absolute atomic E-state index is 0.0142. The lowest BCUT2D eigenvalue weighted by molar-refractivity contribution is -0.385. The van der Waals surface area contributed by atoms with E-state index in [1.807, 2.05) is 0 Å². The number of carbonyl (C=O) groups is 1. The molecule has 2 rings (SSSR count). The van der Waals surface area contributed by atoms with Gasteiger partial charge >= 0.3 is 0 Å². The molecule has 0 bridgehead atoms. The number of benzene rings is 1. The third kappa shape index (κ3) is 3.51. The Bertz CT molecular complexity index is 470. The van der Waals surface area contributed by atoms with Crippen LogP contribution in [-0.4, -0.2) is 23.9 Å². The first-order valence-corrected chi connectivity index (χ1v) is 6.39. The van der Waals surface area contributed by atoms with Crippen molar-refractivity contribution in [3.05, 3.63) is 39.9 Å². The molecule has 1 aliphatic rings. The molecule has 0 aromatic heterocycles. The van der Waals surface area contributed by atoms with Gasteiger partial charge in [-0.15, -0.1) is 0 Å². The molecule has 19 heavy (non-hydrogen) atoms. The molecule has 2 N–H and O–H groups in total. The van der Waals surface area contributed by atoms with Crippen LogP contribution in [0.3, 0.4) is 0 Å². The molecule has 1 aromatic rings. The van der Waals surface area contributed by atoms with Gasteiger partial charge in [-0.3, -0.25) is 14.9 Å². The zero-order valence-electron chi connectivity index (χ0n) is 10.6. The summed E-state index contributed by atoms with van der Waals surface area (Å²) < 4.78 is 0. The summed E-state index contributed by atoms with van der Waals surface area (Å²) in [4.78, 5) is 22.4. The first kappa shape index (κ1) is 13.5. The van der Waals surface area contributed by atoms with Crippen LogP contribution >= 0.6 is 0 Å². The lowest BCUT2D eigenvalue weighted by atomic mass is 9.97. The maximum atomic E-state index is 11.9. The molecule has 0 unspecified atom stereocenters. The Kier molecular flexibility index (Phi) is 4.46. The maximum Gasteiger partial charge on any atom is 0.274 e. The molecule has 102 valence electrons. The predicted molar refractivity (Wildman–Crippen MR) is 70.5 cm³/mol. The number of rotatable bonds is 4. The Morgan fingerprint density at radius 1 is 1.37 bits per heavy atom. The van der Waals surface area contributed by atoms with Crippen molar-refractivity contribution in [3.63, 3.8) is 0 Å². The van der Waals surface area contributed by atoms with Gasteiger partial charge in [-0.2, -0.15) is 0 Å². The second-order valence-electron chi connectivity index (χ2n) is 4.63. The third-order valence-corrected chi connectivity index (χ3v) is 3.35. The van der Waals surface area contributed by atoms with E-state index in [9.17, 15) is 14.9 Å². The van der Waals surface area contributed by atoms with Gasteiger partial charge in [0.25, 0.3) is 5.69 Å². The molecule has 0 spiro atoms. The summed E-state index contributed by atoms with van der Waals surface area (Å²) in [6.45, 7) is 1.91. The number of nitrogens with zero attached hydrogens (tertiary/aromatic N) is 1. The van der Waals surface area contributed by atoms with Crippen LogP contribution in [0.1, 0.15) is 18.4 Å².